The van der Waals surface area contributed by atoms with E-state index < -0.39 is 5.60 Å². The maximum Gasteiger partial charge on any atom is 0.0622 e. The number of rotatable bonds is 2. The molecule has 10 heavy (non-hydrogen) atoms. The molecule has 0 aromatic rings. The van der Waals surface area contributed by atoms with Gasteiger partial charge in [-0.05, 0) is 38.0 Å². The molecule has 0 radical (unpaired) electrons. The molecular weight excluding hydrogens is 124 g/mol. The molecule has 0 aromatic carbocycles. The Morgan fingerprint density at radius 3 is 2.00 bits per heavy atom. The largest absolute Gasteiger partial charge is 0.390 e. The first kappa shape index (κ1) is 8.06. The molecule has 1 aliphatic rings. The van der Waals surface area contributed by atoms with Gasteiger partial charge in [0.1, 0.15) is 0 Å². The smallest absolute Gasteiger partial charge is 0.0622 e. The summed E-state index contributed by atoms with van der Waals surface area (Å²) in [6.07, 6.45) is 1.22. The van der Waals surface area contributed by atoms with Gasteiger partial charge in [-0.3, -0.25) is 0 Å². The van der Waals surface area contributed by atoms with Crippen molar-refractivity contribution in [3.8, 4) is 0 Å². The lowest BCUT2D eigenvalue weighted by molar-refractivity contribution is 0.0482. The SMILES string of the molecule is CC(C)C1CC1C(C)(C)O. The third-order valence-electron chi connectivity index (χ3n) is 2.60. The molecular formula is C9H18O. The van der Waals surface area contributed by atoms with Gasteiger partial charge < -0.3 is 5.11 Å². The van der Waals surface area contributed by atoms with Crippen molar-refractivity contribution in [1.29, 1.82) is 0 Å². The van der Waals surface area contributed by atoms with Gasteiger partial charge in [0.2, 0.25) is 0 Å². The zero-order valence-corrected chi connectivity index (χ0v) is 7.39. The predicted octanol–water partition coefficient (Wildman–Crippen LogP) is 2.05. The fourth-order valence-electron chi connectivity index (χ4n) is 1.76. The molecule has 1 saturated carbocycles. The van der Waals surface area contributed by atoms with Crippen LogP contribution >= 0.6 is 0 Å². The van der Waals surface area contributed by atoms with Gasteiger partial charge in [-0.25, -0.2) is 0 Å². The molecule has 0 aromatic heterocycles. The van der Waals surface area contributed by atoms with Crippen LogP contribution in [0.4, 0.5) is 0 Å². The predicted molar refractivity (Wildman–Crippen MR) is 42.7 cm³/mol. The second kappa shape index (κ2) is 2.23. The Labute approximate surface area is 63.4 Å². The second-order valence-corrected chi connectivity index (χ2v) is 4.40. The first-order chi connectivity index (χ1) is 4.43. The van der Waals surface area contributed by atoms with Crippen molar-refractivity contribution in [2.45, 2.75) is 39.7 Å². The summed E-state index contributed by atoms with van der Waals surface area (Å²) in [4.78, 5) is 0. The maximum atomic E-state index is 9.58. The Hall–Kier alpha value is -0.0400. The van der Waals surface area contributed by atoms with Crippen LogP contribution in [0.2, 0.25) is 0 Å². The highest BCUT2D eigenvalue weighted by molar-refractivity contribution is 4.97. The normalized spacial score (nSPS) is 33.0. The highest BCUT2D eigenvalue weighted by Gasteiger charge is 2.47. The van der Waals surface area contributed by atoms with E-state index in [0.29, 0.717) is 5.92 Å². The highest BCUT2D eigenvalue weighted by Crippen LogP contribution is 2.50. The van der Waals surface area contributed by atoms with E-state index >= 15 is 0 Å². The van der Waals surface area contributed by atoms with Crippen LogP contribution in [0.25, 0.3) is 0 Å². The topological polar surface area (TPSA) is 20.2 Å². The van der Waals surface area contributed by atoms with E-state index in [9.17, 15) is 5.11 Å². The molecule has 60 valence electrons. The maximum absolute atomic E-state index is 9.58. The molecule has 1 heteroatoms. The quantitative estimate of drug-likeness (QED) is 0.625. The number of aliphatic hydroxyl groups is 1. The molecule has 1 aliphatic carbocycles. The molecule has 0 saturated heterocycles. The molecule has 1 nitrogen and oxygen atoms in total. The summed E-state index contributed by atoms with van der Waals surface area (Å²) >= 11 is 0. The Morgan fingerprint density at radius 2 is 1.90 bits per heavy atom. The van der Waals surface area contributed by atoms with Gasteiger partial charge in [0.25, 0.3) is 0 Å². The van der Waals surface area contributed by atoms with E-state index in [2.05, 4.69) is 13.8 Å². The van der Waals surface area contributed by atoms with Crippen molar-refractivity contribution in [2.75, 3.05) is 0 Å². The van der Waals surface area contributed by atoms with Crippen LogP contribution < -0.4 is 0 Å². The Kier molecular flexibility index (Phi) is 1.80. The summed E-state index contributed by atoms with van der Waals surface area (Å²) in [7, 11) is 0. The van der Waals surface area contributed by atoms with Crippen molar-refractivity contribution in [2.24, 2.45) is 17.8 Å². The minimum Gasteiger partial charge on any atom is -0.390 e. The zero-order chi connectivity index (χ0) is 7.94. The van der Waals surface area contributed by atoms with E-state index in [-0.39, 0.29) is 0 Å². The lowest BCUT2D eigenvalue weighted by Gasteiger charge is -2.17. The summed E-state index contributed by atoms with van der Waals surface area (Å²) in [5, 5.41) is 9.58. The van der Waals surface area contributed by atoms with Crippen molar-refractivity contribution < 1.29 is 5.11 Å². The van der Waals surface area contributed by atoms with Crippen LogP contribution in [0.3, 0.4) is 0 Å². The van der Waals surface area contributed by atoms with E-state index in [4.69, 9.17) is 0 Å². The van der Waals surface area contributed by atoms with Gasteiger partial charge in [0, 0.05) is 0 Å². The number of hydrogen-bond acceptors (Lipinski definition) is 1. The van der Waals surface area contributed by atoms with Gasteiger partial charge in [-0.2, -0.15) is 0 Å². The van der Waals surface area contributed by atoms with E-state index in [1.54, 1.807) is 0 Å². The molecule has 0 bridgehead atoms. The zero-order valence-electron chi connectivity index (χ0n) is 7.39. The van der Waals surface area contributed by atoms with Crippen LogP contribution in [0.1, 0.15) is 34.1 Å². The Balaban J connectivity index is 2.39. The van der Waals surface area contributed by atoms with Crippen molar-refractivity contribution in [3.63, 3.8) is 0 Å². The molecule has 0 spiro atoms. The standard InChI is InChI=1S/C9H18O/c1-6(2)7-5-8(7)9(3,4)10/h6-8,10H,5H2,1-4H3. The average Bonchev–Trinajstić information content (AvgIpc) is 2.35. The molecule has 1 rings (SSSR count). The Bertz CT molecular complexity index is 121. The van der Waals surface area contributed by atoms with Gasteiger partial charge >= 0.3 is 0 Å². The van der Waals surface area contributed by atoms with E-state index in [1.165, 1.54) is 6.42 Å². The molecule has 1 N–H and O–H groups in total. The van der Waals surface area contributed by atoms with Crippen molar-refractivity contribution >= 4 is 0 Å². The van der Waals surface area contributed by atoms with Gasteiger partial charge in [0.15, 0.2) is 0 Å². The lowest BCUT2D eigenvalue weighted by atomic mass is 9.97. The third kappa shape index (κ3) is 1.51. The minimum atomic E-state index is -0.436. The molecule has 0 aliphatic heterocycles. The number of hydrogen-bond donors (Lipinski definition) is 1. The van der Waals surface area contributed by atoms with E-state index in [0.717, 1.165) is 11.8 Å². The molecule has 0 heterocycles. The second-order valence-electron chi connectivity index (χ2n) is 4.40. The molecule has 0 amide bonds. The van der Waals surface area contributed by atoms with Gasteiger partial charge in [-0.1, -0.05) is 13.8 Å². The first-order valence-electron chi connectivity index (χ1n) is 4.15. The summed E-state index contributed by atoms with van der Waals surface area (Å²) in [6.45, 7) is 8.30. The van der Waals surface area contributed by atoms with Crippen molar-refractivity contribution in [1.82, 2.24) is 0 Å². The van der Waals surface area contributed by atoms with Crippen LogP contribution in [0, 0.1) is 17.8 Å². The van der Waals surface area contributed by atoms with Crippen LogP contribution in [-0.2, 0) is 0 Å². The van der Waals surface area contributed by atoms with Crippen LogP contribution in [-0.4, -0.2) is 10.7 Å². The van der Waals surface area contributed by atoms with Crippen LogP contribution in [0.15, 0.2) is 0 Å². The van der Waals surface area contributed by atoms with Crippen LogP contribution in [0.5, 0.6) is 0 Å². The van der Waals surface area contributed by atoms with Gasteiger partial charge in [0.05, 0.1) is 5.60 Å². The molecule has 2 unspecified atom stereocenters. The average molecular weight is 142 g/mol. The van der Waals surface area contributed by atoms with Gasteiger partial charge in [-0.15, -0.1) is 0 Å². The third-order valence-corrected chi connectivity index (χ3v) is 2.60. The summed E-state index contributed by atoms with van der Waals surface area (Å²) in [5.41, 5.74) is -0.436. The summed E-state index contributed by atoms with van der Waals surface area (Å²) in [5.74, 6) is 2.09. The molecule has 1 fully saturated rings. The summed E-state index contributed by atoms with van der Waals surface area (Å²) in [6, 6.07) is 0. The monoisotopic (exact) mass is 142 g/mol. The fourth-order valence-corrected chi connectivity index (χ4v) is 1.76. The minimum absolute atomic E-state index is 0.436. The Morgan fingerprint density at radius 1 is 1.40 bits per heavy atom. The lowest BCUT2D eigenvalue weighted by Crippen LogP contribution is -2.23. The highest BCUT2D eigenvalue weighted by atomic mass is 16.3. The van der Waals surface area contributed by atoms with E-state index in [1.807, 2.05) is 13.8 Å². The molecule has 2 atom stereocenters. The van der Waals surface area contributed by atoms with Crippen molar-refractivity contribution in [3.05, 3.63) is 0 Å². The first-order valence-corrected chi connectivity index (χ1v) is 4.15. The fraction of sp³-hybridized carbons (Fsp3) is 1.00. The summed E-state index contributed by atoms with van der Waals surface area (Å²) < 4.78 is 0.